The predicted octanol–water partition coefficient (Wildman–Crippen LogP) is 1.98. The largest absolute Gasteiger partial charge is 0.369 e. The first kappa shape index (κ1) is 29.7. The average molecular weight is 541 g/mol. The first-order chi connectivity index (χ1) is 17.1. The fourth-order valence-electron chi connectivity index (χ4n) is 2.38. The molecule has 0 unspecified atom stereocenters. The van der Waals surface area contributed by atoms with E-state index in [1.807, 2.05) is 0 Å². The second-order valence-corrected chi connectivity index (χ2v) is 7.41. The van der Waals surface area contributed by atoms with Crippen molar-refractivity contribution in [1.29, 1.82) is 0 Å². The standard InChI is InChI=1S/2C10H11ClN4O3/c1-14(7-16)10(6-15(17)18)13-5-8-2-3-9(11)12-4-8;1-12-10(6-15(17)18)14(7-16)5-8-2-3-9(11)13-4-8/h2-4,6-7,13H,5H2,1H3;2-4,6-7,12H,5H2,1H3/b2*10-6-. The van der Waals surface area contributed by atoms with E-state index in [-0.39, 0.29) is 18.2 Å². The van der Waals surface area contributed by atoms with Crippen LogP contribution in [0.1, 0.15) is 11.1 Å². The zero-order chi connectivity index (χ0) is 27.1. The summed E-state index contributed by atoms with van der Waals surface area (Å²) in [6, 6.07) is 6.60. The quantitative estimate of drug-likeness (QED) is 0.175. The van der Waals surface area contributed by atoms with E-state index in [9.17, 15) is 29.8 Å². The van der Waals surface area contributed by atoms with Crippen LogP contribution in [0.5, 0.6) is 0 Å². The number of carbonyl (C=O) groups excluding carboxylic acids is 2. The third-order valence-corrected chi connectivity index (χ3v) is 4.54. The molecule has 0 bridgehead atoms. The Morgan fingerprint density at radius 3 is 1.89 bits per heavy atom. The zero-order valence-electron chi connectivity index (χ0n) is 19.1. The highest BCUT2D eigenvalue weighted by Crippen LogP contribution is 2.10. The molecule has 0 spiro atoms. The molecule has 0 saturated carbocycles. The van der Waals surface area contributed by atoms with Crippen molar-refractivity contribution in [2.24, 2.45) is 0 Å². The Morgan fingerprint density at radius 1 is 0.944 bits per heavy atom. The maximum Gasteiger partial charge on any atom is 0.274 e. The van der Waals surface area contributed by atoms with Gasteiger partial charge in [0.1, 0.15) is 10.3 Å². The second-order valence-electron chi connectivity index (χ2n) is 6.63. The van der Waals surface area contributed by atoms with Crippen LogP contribution in [0.3, 0.4) is 0 Å². The molecule has 14 nitrogen and oxygen atoms in total. The topological polar surface area (TPSA) is 177 Å². The molecule has 2 heterocycles. The van der Waals surface area contributed by atoms with E-state index in [2.05, 4.69) is 20.6 Å². The molecule has 2 amide bonds. The summed E-state index contributed by atoms with van der Waals surface area (Å²) in [5.74, 6) is 0.176. The number of aromatic nitrogens is 2. The van der Waals surface area contributed by atoms with Gasteiger partial charge in [-0.15, -0.1) is 0 Å². The molecule has 2 N–H and O–H groups in total. The Labute approximate surface area is 215 Å². The van der Waals surface area contributed by atoms with Crippen LogP contribution in [0.25, 0.3) is 0 Å². The first-order valence-electron chi connectivity index (χ1n) is 9.82. The number of halogens is 2. The minimum absolute atomic E-state index is 0.0879. The third-order valence-electron chi connectivity index (χ3n) is 4.09. The van der Waals surface area contributed by atoms with Gasteiger partial charge in [0.15, 0.2) is 11.6 Å². The highest BCUT2D eigenvalue weighted by Gasteiger charge is 2.12. The molecule has 0 saturated heterocycles. The van der Waals surface area contributed by atoms with Crippen LogP contribution in [0.4, 0.5) is 0 Å². The highest BCUT2D eigenvalue weighted by molar-refractivity contribution is 6.29. The molecule has 2 aromatic heterocycles. The molecule has 2 rings (SSSR count). The molecule has 0 atom stereocenters. The van der Waals surface area contributed by atoms with Crippen LogP contribution < -0.4 is 10.6 Å². The Balaban J connectivity index is 0.000000360. The van der Waals surface area contributed by atoms with Crippen molar-refractivity contribution in [1.82, 2.24) is 30.4 Å². The van der Waals surface area contributed by atoms with Crippen molar-refractivity contribution < 1.29 is 19.4 Å². The number of rotatable bonds is 12. The highest BCUT2D eigenvalue weighted by atomic mass is 35.5. The van der Waals surface area contributed by atoms with E-state index in [1.165, 1.54) is 20.3 Å². The van der Waals surface area contributed by atoms with E-state index < -0.39 is 9.85 Å². The molecule has 0 radical (unpaired) electrons. The fourth-order valence-corrected chi connectivity index (χ4v) is 2.60. The van der Waals surface area contributed by atoms with Crippen molar-refractivity contribution in [2.75, 3.05) is 14.1 Å². The number of hydrogen-bond acceptors (Lipinski definition) is 10. The maximum absolute atomic E-state index is 10.9. The van der Waals surface area contributed by atoms with Crippen molar-refractivity contribution in [3.8, 4) is 0 Å². The molecule has 0 fully saturated rings. The van der Waals surface area contributed by atoms with Crippen LogP contribution in [0, 0.1) is 20.2 Å². The number of hydrogen-bond donors (Lipinski definition) is 2. The van der Waals surface area contributed by atoms with Gasteiger partial charge >= 0.3 is 0 Å². The van der Waals surface area contributed by atoms with Gasteiger partial charge in [-0.25, -0.2) is 9.97 Å². The molecule has 0 aliphatic carbocycles. The minimum Gasteiger partial charge on any atom is -0.369 e. The number of nitrogens with one attached hydrogen (secondary N) is 2. The number of carbonyl (C=O) groups is 2. The molecule has 0 aliphatic heterocycles. The Bertz CT molecular complexity index is 1080. The summed E-state index contributed by atoms with van der Waals surface area (Å²) in [4.78, 5) is 51.0. The van der Waals surface area contributed by atoms with Gasteiger partial charge in [0, 0.05) is 33.0 Å². The number of nitrogens with zero attached hydrogens (tertiary/aromatic N) is 6. The van der Waals surface area contributed by atoms with Crippen molar-refractivity contribution in [3.05, 3.63) is 102 Å². The van der Waals surface area contributed by atoms with Crippen LogP contribution in [0.2, 0.25) is 10.3 Å². The van der Waals surface area contributed by atoms with Crippen molar-refractivity contribution in [2.45, 2.75) is 13.1 Å². The molecule has 36 heavy (non-hydrogen) atoms. The molecule has 192 valence electrons. The van der Waals surface area contributed by atoms with E-state index in [1.54, 1.807) is 30.5 Å². The SMILES string of the molecule is CN(C=O)/C(=C\[N+](=O)[O-])NCc1ccc(Cl)nc1.CN/C(=C/[N+](=O)[O-])N(C=O)Cc1ccc(Cl)nc1. The van der Waals surface area contributed by atoms with Crippen LogP contribution >= 0.6 is 23.2 Å². The van der Waals surface area contributed by atoms with Crippen LogP contribution in [-0.4, -0.2) is 56.5 Å². The van der Waals surface area contributed by atoms with Crippen molar-refractivity contribution >= 4 is 36.0 Å². The summed E-state index contributed by atoms with van der Waals surface area (Å²) < 4.78 is 0. The van der Waals surface area contributed by atoms with Crippen LogP contribution in [-0.2, 0) is 22.7 Å². The zero-order valence-corrected chi connectivity index (χ0v) is 20.6. The third kappa shape index (κ3) is 11.2. The first-order valence-corrected chi connectivity index (χ1v) is 10.6. The normalized spacial score (nSPS) is 10.9. The second kappa shape index (κ2) is 15.6. The van der Waals surface area contributed by atoms with Gasteiger partial charge in [-0.1, -0.05) is 35.3 Å². The molecule has 0 aromatic carbocycles. The molecule has 16 heteroatoms. The Morgan fingerprint density at radius 2 is 1.47 bits per heavy atom. The van der Waals surface area contributed by atoms with E-state index in [0.717, 1.165) is 27.8 Å². The van der Waals surface area contributed by atoms with Gasteiger partial charge in [-0.2, -0.15) is 0 Å². The van der Waals surface area contributed by atoms with Crippen LogP contribution in [0.15, 0.2) is 60.7 Å². The number of nitro groups is 2. The Kier molecular flexibility index (Phi) is 12.9. The molecular weight excluding hydrogens is 519 g/mol. The van der Waals surface area contributed by atoms with E-state index in [0.29, 0.717) is 35.2 Å². The molecule has 2 aromatic rings. The Hall–Kier alpha value is -4.30. The van der Waals surface area contributed by atoms with E-state index >= 15 is 0 Å². The lowest BCUT2D eigenvalue weighted by Crippen LogP contribution is -2.29. The fraction of sp³-hybridized carbons (Fsp3) is 0.200. The smallest absolute Gasteiger partial charge is 0.274 e. The molecular formula is C20H22Cl2N8O6. The average Bonchev–Trinajstić information content (AvgIpc) is 2.85. The van der Waals surface area contributed by atoms with Crippen molar-refractivity contribution in [3.63, 3.8) is 0 Å². The van der Waals surface area contributed by atoms with Gasteiger partial charge in [0.25, 0.3) is 12.4 Å². The summed E-state index contributed by atoms with van der Waals surface area (Å²) in [7, 11) is 2.90. The van der Waals surface area contributed by atoms with E-state index in [4.69, 9.17) is 23.2 Å². The van der Waals surface area contributed by atoms with Gasteiger partial charge in [-0.05, 0) is 23.3 Å². The minimum atomic E-state index is -0.636. The lowest BCUT2D eigenvalue weighted by molar-refractivity contribution is -0.404. The summed E-state index contributed by atoms with van der Waals surface area (Å²) in [6.07, 6.45) is 5.46. The van der Waals surface area contributed by atoms with Gasteiger partial charge in [0.05, 0.1) is 16.4 Å². The lowest BCUT2D eigenvalue weighted by atomic mass is 10.3. The maximum atomic E-state index is 10.9. The summed E-state index contributed by atoms with van der Waals surface area (Å²) >= 11 is 11.3. The summed E-state index contributed by atoms with van der Waals surface area (Å²) in [5, 5.41) is 26.9. The number of pyridine rings is 2. The lowest BCUT2D eigenvalue weighted by Gasteiger charge is -2.18. The number of amides is 2. The van der Waals surface area contributed by atoms with Gasteiger partial charge in [0.2, 0.25) is 12.8 Å². The predicted molar refractivity (Wildman–Crippen MR) is 130 cm³/mol. The van der Waals surface area contributed by atoms with Gasteiger partial charge < -0.3 is 10.6 Å². The summed E-state index contributed by atoms with van der Waals surface area (Å²) in [5.41, 5.74) is 1.49. The van der Waals surface area contributed by atoms with Gasteiger partial charge in [-0.3, -0.25) is 39.6 Å². The molecule has 0 aliphatic rings. The summed E-state index contributed by atoms with van der Waals surface area (Å²) in [6.45, 7) is 0.455. The monoisotopic (exact) mass is 540 g/mol.